The van der Waals surface area contributed by atoms with Crippen LogP contribution in [0.5, 0.6) is 17.2 Å². The second-order valence-corrected chi connectivity index (χ2v) is 7.53. The van der Waals surface area contributed by atoms with Crippen LogP contribution in [0, 0.1) is 5.92 Å². The van der Waals surface area contributed by atoms with E-state index in [1.165, 1.54) is 0 Å². The highest BCUT2D eigenvalue weighted by molar-refractivity contribution is 5.95. The molecule has 7 nitrogen and oxygen atoms in total. The summed E-state index contributed by atoms with van der Waals surface area (Å²) in [7, 11) is 4.74. The summed E-state index contributed by atoms with van der Waals surface area (Å²) in [5.41, 5.74) is 1.39. The van der Waals surface area contributed by atoms with Crippen molar-refractivity contribution in [3.05, 3.63) is 53.6 Å². The zero-order valence-electron chi connectivity index (χ0n) is 18.5. The molecule has 0 radical (unpaired) electrons. The van der Waals surface area contributed by atoms with E-state index in [2.05, 4.69) is 5.32 Å². The summed E-state index contributed by atoms with van der Waals surface area (Å²) in [6, 6.07) is 12.7. The summed E-state index contributed by atoms with van der Waals surface area (Å²) < 4.78 is 16.3. The zero-order valence-corrected chi connectivity index (χ0v) is 18.5. The van der Waals surface area contributed by atoms with Crippen LogP contribution in [0.4, 0.5) is 0 Å². The molecule has 3 rings (SSSR count). The van der Waals surface area contributed by atoms with Crippen LogP contribution >= 0.6 is 0 Å². The van der Waals surface area contributed by atoms with Crippen LogP contribution in [0.3, 0.4) is 0 Å². The number of nitrogens with zero attached hydrogens (tertiary/aromatic N) is 1. The number of nitrogens with one attached hydrogen (secondary N) is 1. The van der Waals surface area contributed by atoms with Crippen LogP contribution in [0.1, 0.15) is 35.2 Å². The molecule has 0 aliphatic carbocycles. The van der Waals surface area contributed by atoms with Crippen LogP contribution in [0.2, 0.25) is 0 Å². The Hall–Kier alpha value is -3.22. The fraction of sp³-hybridized carbons (Fsp3) is 0.417. The number of rotatable bonds is 8. The van der Waals surface area contributed by atoms with Crippen LogP contribution in [0.15, 0.2) is 42.5 Å². The molecule has 0 spiro atoms. The quantitative estimate of drug-likeness (QED) is 0.702. The van der Waals surface area contributed by atoms with Gasteiger partial charge in [-0.05, 0) is 30.7 Å². The van der Waals surface area contributed by atoms with Gasteiger partial charge in [-0.15, -0.1) is 0 Å². The average molecular weight is 427 g/mol. The Morgan fingerprint density at radius 1 is 1.03 bits per heavy atom. The molecule has 1 saturated heterocycles. The van der Waals surface area contributed by atoms with Gasteiger partial charge in [-0.3, -0.25) is 9.59 Å². The number of likely N-dealkylation sites (tertiary alicyclic amines) is 1. The van der Waals surface area contributed by atoms with Crippen molar-refractivity contribution in [3.63, 3.8) is 0 Å². The lowest BCUT2D eigenvalue weighted by atomic mass is 9.87. The molecular formula is C24H30N2O5. The minimum atomic E-state index is -0.387. The molecule has 2 unspecified atom stereocenters. The van der Waals surface area contributed by atoms with E-state index < -0.39 is 0 Å². The highest BCUT2D eigenvalue weighted by Gasteiger charge is 2.42. The maximum atomic E-state index is 13.2. The number of carbonyl (C=O) groups is 2. The molecule has 1 heterocycles. The number of methoxy groups -OCH3 is 3. The van der Waals surface area contributed by atoms with E-state index in [0.717, 1.165) is 12.0 Å². The summed E-state index contributed by atoms with van der Waals surface area (Å²) in [6.45, 7) is 3.34. The Morgan fingerprint density at radius 2 is 1.81 bits per heavy atom. The van der Waals surface area contributed by atoms with Gasteiger partial charge >= 0.3 is 0 Å². The zero-order chi connectivity index (χ0) is 22.4. The van der Waals surface area contributed by atoms with E-state index >= 15 is 0 Å². The molecule has 2 amide bonds. The molecule has 0 bridgehead atoms. The Morgan fingerprint density at radius 3 is 2.48 bits per heavy atom. The van der Waals surface area contributed by atoms with Gasteiger partial charge in [-0.25, -0.2) is 0 Å². The third-order valence-electron chi connectivity index (χ3n) is 5.64. The number of amides is 2. The molecule has 0 aromatic heterocycles. The number of carbonyl (C=O) groups excluding carboxylic acids is 2. The number of ether oxygens (including phenoxy) is 3. The predicted molar refractivity (Wildman–Crippen MR) is 118 cm³/mol. The van der Waals surface area contributed by atoms with Crippen molar-refractivity contribution in [3.8, 4) is 17.2 Å². The highest BCUT2D eigenvalue weighted by atomic mass is 16.5. The fourth-order valence-electron chi connectivity index (χ4n) is 4.07. The van der Waals surface area contributed by atoms with Gasteiger partial charge in [0.05, 0.1) is 27.2 Å². The number of hydrogen-bond donors (Lipinski definition) is 1. The summed E-state index contributed by atoms with van der Waals surface area (Å²) in [4.78, 5) is 28.0. The first-order chi connectivity index (χ1) is 15.0. The van der Waals surface area contributed by atoms with Crippen LogP contribution in [-0.2, 0) is 4.79 Å². The molecule has 0 saturated carbocycles. The van der Waals surface area contributed by atoms with Gasteiger partial charge in [-0.2, -0.15) is 0 Å². The van der Waals surface area contributed by atoms with E-state index in [4.69, 9.17) is 14.2 Å². The van der Waals surface area contributed by atoms with Gasteiger partial charge in [0, 0.05) is 36.7 Å². The molecular weight excluding hydrogens is 396 g/mol. The molecule has 7 heteroatoms. The maximum absolute atomic E-state index is 13.2. The lowest BCUT2D eigenvalue weighted by molar-refractivity contribution is -0.124. The van der Waals surface area contributed by atoms with Crippen molar-refractivity contribution < 1.29 is 23.8 Å². The first-order valence-corrected chi connectivity index (χ1v) is 10.5. The van der Waals surface area contributed by atoms with Crippen molar-refractivity contribution in [2.24, 2.45) is 5.92 Å². The lowest BCUT2D eigenvalue weighted by Gasteiger charge is -2.21. The summed E-state index contributed by atoms with van der Waals surface area (Å²) in [5.74, 6) is 1.03. The van der Waals surface area contributed by atoms with E-state index in [1.807, 2.05) is 25.1 Å². The van der Waals surface area contributed by atoms with Crippen LogP contribution in [-0.4, -0.2) is 57.7 Å². The molecule has 166 valence electrons. The van der Waals surface area contributed by atoms with Gasteiger partial charge in [-0.1, -0.05) is 25.1 Å². The third kappa shape index (κ3) is 4.76. The monoisotopic (exact) mass is 426 g/mol. The second-order valence-electron chi connectivity index (χ2n) is 7.53. The number of hydrogen-bond acceptors (Lipinski definition) is 5. The first-order valence-electron chi connectivity index (χ1n) is 10.5. The highest BCUT2D eigenvalue weighted by Crippen LogP contribution is 2.42. The standard InChI is InChI=1S/C24H30N2O5/c1-5-12-25-23(27)20-15-26(24(28)16-8-6-9-17(13-16)29-2)14-19(20)18-10-7-11-21(30-3)22(18)31-4/h6-11,13,19-20H,5,12,14-15H2,1-4H3,(H,25,27). The molecule has 31 heavy (non-hydrogen) atoms. The van der Waals surface area contributed by atoms with Gasteiger partial charge < -0.3 is 24.4 Å². The minimum Gasteiger partial charge on any atom is -0.497 e. The van der Waals surface area contributed by atoms with E-state index in [9.17, 15) is 9.59 Å². The third-order valence-corrected chi connectivity index (χ3v) is 5.64. The first kappa shape index (κ1) is 22.5. The van der Waals surface area contributed by atoms with Gasteiger partial charge in [0.1, 0.15) is 5.75 Å². The molecule has 1 aliphatic heterocycles. The molecule has 1 N–H and O–H groups in total. The Kier molecular flexibility index (Phi) is 7.39. The fourth-order valence-corrected chi connectivity index (χ4v) is 4.07. The molecule has 1 aliphatic rings. The van der Waals surface area contributed by atoms with Crippen molar-refractivity contribution in [2.75, 3.05) is 41.0 Å². The van der Waals surface area contributed by atoms with E-state index in [1.54, 1.807) is 50.5 Å². The number of benzene rings is 2. The molecule has 1 fully saturated rings. The molecule has 2 aromatic carbocycles. The smallest absolute Gasteiger partial charge is 0.254 e. The average Bonchev–Trinajstić information content (AvgIpc) is 3.26. The lowest BCUT2D eigenvalue weighted by Crippen LogP contribution is -2.36. The number of para-hydroxylation sites is 1. The van der Waals surface area contributed by atoms with Crippen molar-refractivity contribution in [1.82, 2.24) is 10.2 Å². The largest absolute Gasteiger partial charge is 0.497 e. The topological polar surface area (TPSA) is 77.1 Å². The van der Waals surface area contributed by atoms with Crippen LogP contribution in [0.25, 0.3) is 0 Å². The van der Waals surface area contributed by atoms with E-state index in [-0.39, 0.29) is 23.7 Å². The van der Waals surface area contributed by atoms with Crippen molar-refractivity contribution in [1.29, 1.82) is 0 Å². The Balaban J connectivity index is 1.95. The SMILES string of the molecule is CCCNC(=O)C1CN(C(=O)c2cccc(OC)c2)CC1c1cccc(OC)c1OC. The predicted octanol–water partition coefficient (Wildman–Crippen LogP) is 3.09. The summed E-state index contributed by atoms with van der Waals surface area (Å²) >= 11 is 0. The summed E-state index contributed by atoms with van der Waals surface area (Å²) in [6.07, 6.45) is 0.845. The second kappa shape index (κ2) is 10.2. The van der Waals surface area contributed by atoms with Gasteiger partial charge in [0.15, 0.2) is 11.5 Å². The minimum absolute atomic E-state index is 0.0577. The van der Waals surface area contributed by atoms with Crippen LogP contribution < -0.4 is 19.5 Å². The van der Waals surface area contributed by atoms with Gasteiger partial charge in [0.2, 0.25) is 5.91 Å². The maximum Gasteiger partial charge on any atom is 0.254 e. The van der Waals surface area contributed by atoms with Crippen molar-refractivity contribution in [2.45, 2.75) is 19.3 Å². The summed E-state index contributed by atoms with van der Waals surface area (Å²) in [5, 5.41) is 2.99. The normalized spacial score (nSPS) is 17.9. The molecule has 2 atom stereocenters. The Bertz CT molecular complexity index is 930. The Labute approximate surface area is 183 Å². The van der Waals surface area contributed by atoms with E-state index in [0.29, 0.717) is 42.4 Å². The van der Waals surface area contributed by atoms with Gasteiger partial charge in [0.25, 0.3) is 5.91 Å². The van der Waals surface area contributed by atoms with Crippen molar-refractivity contribution >= 4 is 11.8 Å². The molecule has 2 aromatic rings.